The highest BCUT2D eigenvalue weighted by Gasteiger charge is 2.67. The molecular formula is C16H17F2NO. The molecule has 0 N–H and O–H groups in total. The highest BCUT2D eigenvalue weighted by atomic mass is 19.3. The van der Waals surface area contributed by atoms with Crippen molar-refractivity contribution in [3.8, 4) is 0 Å². The van der Waals surface area contributed by atoms with Gasteiger partial charge in [0, 0.05) is 18.0 Å². The molecule has 0 unspecified atom stereocenters. The van der Waals surface area contributed by atoms with Gasteiger partial charge in [-0.05, 0) is 24.5 Å². The lowest BCUT2D eigenvalue weighted by Crippen LogP contribution is -2.62. The minimum absolute atomic E-state index is 0.0765. The molecule has 0 spiro atoms. The summed E-state index contributed by atoms with van der Waals surface area (Å²) in [5, 5.41) is 0. The third-order valence-electron chi connectivity index (χ3n) is 4.70. The van der Waals surface area contributed by atoms with E-state index in [0.717, 1.165) is 0 Å². The third kappa shape index (κ3) is 1.34. The second-order valence-corrected chi connectivity index (χ2v) is 5.67. The molecule has 2 heterocycles. The van der Waals surface area contributed by atoms with Gasteiger partial charge in [-0.1, -0.05) is 31.2 Å². The van der Waals surface area contributed by atoms with Gasteiger partial charge in [-0.2, -0.15) is 0 Å². The zero-order valence-corrected chi connectivity index (χ0v) is 11.4. The molecule has 1 saturated heterocycles. The first-order valence-electron chi connectivity index (χ1n) is 6.87. The van der Waals surface area contributed by atoms with Crippen molar-refractivity contribution in [2.75, 3.05) is 6.54 Å². The molecule has 2 aliphatic rings. The number of carbonyl (C=O) groups excluding carboxylic acids is 1. The summed E-state index contributed by atoms with van der Waals surface area (Å²) in [5.74, 6) is -3.99. The summed E-state index contributed by atoms with van der Waals surface area (Å²) in [5.41, 5.74) is -0.704. The minimum Gasteiger partial charge on any atom is -0.322 e. The minimum atomic E-state index is -2.96. The number of fused-ring (bicyclic) bond motifs is 3. The zero-order chi connectivity index (χ0) is 14.5. The van der Waals surface area contributed by atoms with Gasteiger partial charge in [0.15, 0.2) is 0 Å². The van der Waals surface area contributed by atoms with Crippen molar-refractivity contribution >= 4 is 5.91 Å². The van der Waals surface area contributed by atoms with Crippen LogP contribution in [0.4, 0.5) is 8.78 Å². The molecule has 2 atom stereocenters. The molecule has 1 amide bonds. The van der Waals surface area contributed by atoms with Crippen molar-refractivity contribution < 1.29 is 13.6 Å². The summed E-state index contributed by atoms with van der Waals surface area (Å²) >= 11 is 0. The van der Waals surface area contributed by atoms with Crippen molar-refractivity contribution in [2.45, 2.75) is 31.2 Å². The van der Waals surface area contributed by atoms with Crippen molar-refractivity contribution in [3.63, 3.8) is 0 Å². The molecule has 1 fully saturated rings. The molecular weight excluding hydrogens is 260 g/mol. The molecule has 0 saturated carbocycles. The van der Waals surface area contributed by atoms with Gasteiger partial charge in [-0.15, -0.1) is 6.58 Å². The van der Waals surface area contributed by atoms with E-state index >= 15 is 8.78 Å². The average Bonchev–Trinajstić information content (AvgIpc) is 2.67. The monoisotopic (exact) mass is 277 g/mol. The summed E-state index contributed by atoms with van der Waals surface area (Å²) in [6.45, 7) is 5.56. The highest BCUT2D eigenvalue weighted by molar-refractivity contribution is 6.00. The van der Waals surface area contributed by atoms with Crippen LogP contribution in [0.5, 0.6) is 0 Å². The molecule has 0 radical (unpaired) electrons. The standard InChI is InChI=1S/C16H17F2NO/c1-3-9-15-13-7-5-4-6-12(13)14(20)19(15)10-8-11(2)16(15,17)18/h3-7,11H,1,8-10H2,2H3/t11-,15-/m1/s1. The Bertz CT molecular complexity index is 584. The van der Waals surface area contributed by atoms with Gasteiger partial charge >= 0.3 is 0 Å². The van der Waals surface area contributed by atoms with E-state index in [1.54, 1.807) is 31.2 Å². The SMILES string of the molecule is C=CC[C@]12c3ccccc3C(=O)N1CC[C@@H](C)C2(F)F. The maximum atomic E-state index is 15.0. The fourth-order valence-electron chi connectivity index (χ4n) is 3.62. The molecule has 2 nitrogen and oxygen atoms in total. The van der Waals surface area contributed by atoms with E-state index < -0.39 is 17.4 Å². The Morgan fingerprint density at radius 1 is 1.45 bits per heavy atom. The fourth-order valence-corrected chi connectivity index (χ4v) is 3.62. The molecule has 1 aromatic rings. The molecule has 2 aliphatic heterocycles. The predicted molar refractivity (Wildman–Crippen MR) is 72.7 cm³/mol. The zero-order valence-electron chi connectivity index (χ0n) is 11.4. The molecule has 1 aromatic carbocycles. The van der Waals surface area contributed by atoms with Gasteiger partial charge in [0.1, 0.15) is 5.54 Å². The Morgan fingerprint density at radius 3 is 2.85 bits per heavy atom. The summed E-state index contributed by atoms with van der Waals surface area (Å²) in [6.07, 6.45) is 1.90. The van der Waals surface area contributed by atoms with Gasteiger partial charge in [0.05, 0.1) is 0 Å². The van der Waals surface area contributed by atoms with Gasteiger partial charge in [-0.25, -0.2) is 8.78 Å². The van der Waals surface area contributed by atoms with Crippen LogP contribution in [-0.4, -0.2) is 23.3 Å². The number of carbonyl (C=O) groups is 1. The van der Waals surface area contributed by atoms with E-state index in [4.69, 9.17) is 0 Å². The Morgan fingerprint density at radius 2 is 2.15 bits per heavy atom. The van der Waals surface area contributed by atoms with E-state index in [1.807, 2.05) is 0 Å². The largest absolute Gasteiger partial charge is 0.322 e. The maximum Gasteiger partial charge on any atom is 0.277 e. The molecule has 0 aliphatic carbocycles. The topological polar surface area (TPSA) is 20.3 Å². The number of piperidine rings is 1. The molecule has 0 aromatic heterocycles. The second kappa shape index (κ2) is 4.14. The van der Waals surface area contributed by atoms with Crippen LogP contribution in [0.2, 0.25) is 0 Å². The lowest BCUT2D eigenvalue weighted by molar-refractivity contribution is -0.190. The van der Waals surface area contributed by atoms with Gasteiger partial charge in [0.2, 0.25) is 0 Å². The first kappa shape index (κ1) is 13.3. The third-order valence-corrected chi connectivity index (χ3v) is 4.70. The fraction of sp³-hybridized carbons (Fsp3) is 0.438. The molecule has 20 heavy (non-hydrogen) atoms. The van der Waals surface area contributed by atoms with Crippen molar-refractivity contribution in [1.82, 2.24) is 4.90 Å². The number of hydrogen-bond donors (Lipinski definition) is 0. The van der Waals surface area contributed by atoms with E-state index in [9.17, 15) is 4.79 Å². The van der Waals surface area contributed by atoms with Crippen LogP contribution in [0.3, 0.4) is 0 Å². The Kier molecular flexibility index (Phi) is 2.75. The quantitative estimate of drug-likeness (QED) is 0.756. The van der Waals surface area contributed by atoms with Crippen LogP contribution in [-0.2, 0) is 5.54 Å². The number of amides is 1. The Labute approximate surface area is 117 Å². The normalized spacial score (nSPS) is 30.9. The number of nitrogens with zero attached hydrogens (tertiary/aromatic N) is 1. The molecule has 3 rings (SSSR count). The van der Waals surface area contributed by atoms with Crippen molar-refractivity contribution in [3.05, 3.63) is 48.0 Å². The molecule has 0 bridgehead atoms. The van der Waals surface area contributed by atoms with Crippen molar-refractivity contribution in [1.29, 1.82) is 0 Å². The number of rotatable bonds is 2. The van der Waals surface area contributed by atoms with Crippen LogP contribution in [0.15, 0.2) is 36.9 Å². The van der Waals surface area contributed by atoms with Crippen LogP contribution < -0.4 is 0 Å². The first-order valence-corrected chi connectivity index (χ1v) is 6.87. The number of benzene rings is 1. The van der Waals surface area contributed by atoms with E-state index in [-0.39, 0.29) is 12.3 Å². The molecule has 106 valence electrons. The highest BCUT2D eigenvalue weighted by Crippen LogP contribution is 2.57. The first-order chi connectivity index (χ1) is 9.46. The van der Waals surface area contributed by atoms with E-state index in [1.165, 1.54) is 11.0 Å². The lowest BCUT2D eigenvalue weighted by Gasteiger charge is -2.50. The van der Waals surface area contributed by atoms with E-state index in [0.29, 0.717) is 24.1 Å². The number of hydrogen-bond acceptors (Lipinski definition) is 1. The van der Waals surface area contributed by atoms with Gasteiger partial charge in [-0.3, -0.25) is 4.79 Å². The summed E-state index contributed by atoms with van der Waals surface area (Å²) in [6, 6.07) is 6.73. The van der Waals surface area contributed by atoms with Crippen molar-refractivity contribution in [2.24, 2.45) is 5.92 Å². The number of alkyl halides is 2. The van der Waals surface area contributed by atoms with Crippen LogP contribution in [0.25, 0.3) is 0 Å². The van der Waals surface area contributed by atoms with Crippen LogP contribution >= 0.6 is 0 Å². The average molecular weight is 277 g/mol. The van der Waals surface area contributed by atoms with Gasteiger partial charge < -0.3 is 4.90 Å². The van der Waals surface area contributed by atoms with Crippen LogP contribution in [0, 0.1) is 5.92 Å². The smallest absolute Gasteiger partial charge is 0.277 e. The maximum absolute atomic E-state index is 15.0. The summed E-state index contributed by atoms with van der Waals surface area (Å²) in [7, 11) is 0. The summed E-state index contributed by atoms with van der Waals surface area (Å²) in [4.78, 5) is 13.8. The lowest BCUT2D eigenvalue weighted by atomic mass is 9.72. The van der Waals surface area contributed by atoms with Crippen LogP contribution in [0.1, 0.15) is 35.7 Å². The van der Waals surface area contributed by atoms with E-state index in [2.05, 4.69) is 6.58 Å². The predicted octanol–water partition coefficient (Wildman–Crippen LogP) is 3.59. The number of halogens is 2. The second-order valence-electron chi connectivity index (χ2n) is 5.67. The Balaban J connectivity index is 2.30. The van der Waals surface area contributed by atoms with Gasteiger partial charge in [0.25, 0.3) is 11.8 Å². The summed E-state index contributed by atoms with van der Waals surface area (Å²) < 4.78 is 30.0. The molecule has 4 heteroatoms. The Hall–Kier alpha value is -1.71.